The molecule has 0 heterocycles. The van der Waals surface area contributed by atoms with Gasteiger partial charge in [0.25, 0.3) is 0 Å². The number of carbonyl (C=O) groups is 1. The molecule has 0 aliphatic rings. The van der Waals surface area contributed by atoms with Crippen LogP contribution in [0.3, 0.4) is 0 Å². The summed E-state index contributed by atoms with van der Waals surface area (Å²) in [5.41, 5.74) is -0.159. The standard InChI is InChI=1S/C13H17F2NO2/c1-9(2)18-5-4-16(3)13-11(14)6-10(8-17)7-12(13)15/h6-9H,4-5H2,1-3H3. The smallest absolute Gasteiger partial charge is 0.150 e. The first-order chi connectivity index (χ1) is 8.45. The van der Waals surface area contributed by atoms with E-state index in [4.69, 9.17) is 4.74 Å². The highest BCUT2D eigenvalue weighted by atomic mass is 19.1. The van der Waals surface area contributed by atoms with Crippen molar-refractivity contribution >= 4 is 12.0 Å². The molecule has 1 aromatic rings. The second-order valence-corrected chi connectivity index (χ2v) is 4.29. The van der Waals surface area contributed by atoms with Crippen molar-refractivity contribution in [3.05, 3.63) is 29.3 Å². The Hall–Kier alpha value is -1.49. The molecule has 0 unspecified atom stereocenters. The third-order valence-electron chi connectivity index (χ3n) is 2.43. The van der Waals surface area contributed by atoms with E-state index in [9.17, 15) is 13.6 Å². The van der Waals surface area contributed by atoms with Crippen molar-refractivity contribution in [2.45, 2.75) is 20.0 Å². The van der Waals surface area contributed by atoms with Gasteiger partial charge < -0.3 is 9.64 Å². The number of rotatable bonds is 6. The maximum Gasteiger partial charge on any atom is 0.150 e. The van der Waals surface area contributed by atoms with Gasteiger partial charge in [0, 0.05) is 19.2 Å². The number of anilines is 1. The van der Waals surface area contributed by atoms with Crippen LogP contribution >= 0.6 is 0 Å². The Morgan fingerprint density at radius 2 is 1.89 bits per heavy atom. The third kappa shape index (κ3) is 3.77. The molecule has 100 valence electrons. The van der Waals surface area contributed by atoms with Crippen LogP contribution in [0.15, 0.2) is 12.1 Å². The molecule has 0 N–H and O–H groups in total. The predicted octanol–water partition coefficient (Wildman–Crippen LogP) is 2.64. The van der Waals surface area contributed by atoms with Crippen molar-refractivity contribution < 1.29 is 18.3 Å². The molecule has 0 aliphatic heterocycles. The summed E-state index contributed by atoms with van der Waals surface area (Å²) in [6, 6.07) is 2.04. The fourth-order valence-corrected chi connectivity index (χ4v) is 1.55. The average Bonchev–Trinajstić information content (AvgIpc) is 2.27. The Balaban J connectivity index is 2.79. The number of ether oxygens (including phenoxy) is 1. The van der Waals surface area contributed by atoms with Crippen molar-refractivity contribution in [2.75, 3.05) is 25.1 Å². The SMILES string of the molecule is CC(C)OCCN(C)c1c(F)cc(C=O)cc1F. The predicted molar refractivity (Wildman–Crippen MR) is 66.1 cm³/mol. The van der Waals surface area contributed by atoms with Crippen LogP contribution in [0.4, 0.5) is 14.5 Å². The second-order valence-electron chi connectivity index (χ2n) is 4.29. The summed E-state index contributed by atoms with van der Waals surface area (Å²) < 4.78 is 32.6. The van der Waals surface area contributed by atoms with Gasteiger partial charge in [-0.05, 0) is 26.0 Å². The fraction of sp³-hybridized carbons (Fsp3) is 0.462. The molecule has 1 aromatic carbocycles. The molecule has 0 atom stereocenters. The summed E-state index contributed by atoms with van der Waals surface area (Å²) in [5, 5.41) is 0. The molecule has 0 fully saturated rings. The topological polar surface area (TPSA) is 29.5 Å². The minimum atomic E-state index is -0.746. The number of aldehydes is 1. The largest absolute Gasteiger partial charge is 0.377 e. The van der Waals surface area contributed by atoms with Crippen molar-refractivity contribution in [3.8, 4) is 0 Å². The van der Waals surface area contributed by atoms with Gasteiger partial charge in [-0.1, -0.05) is 0 Å². The lowest BCUT2D eigenvalue weighted by Crippen LogP contribution is -2.25. The number of carbonyl (C=O) groups excluding carboxylic acids is 1. The molecular weight excluding hydrogens is 240 g/mol. The van der Waals surface area contributed by atoms with Crippen molar-refractivity contribution in [1.82, 2.24) is 0 Å². The molecule has 5 heteroatoms. The van der Waals surface area contributed by atoms with Crippen LogP contribution in [0.1, 0.15) is 24.2 Å². The second kappa shape index (κ2) is 6.44. The minimum Gasteiger partial charge on any atom is -0.377 e. The summed E-state index contributed by atoms with van der Waals surface area (Å²) in [6.07, 6.45) is 0.489. The van der Waals surface area contributed by atoms with Crippen molar-refractivity contribution in [1.29, 1.82) is 0 Å². The van der Waals surface area contributed by atoms with Gasteiger partial charge in [-0.25, -0.2) is 8.78 Å². The lowest BCUT2D eigenvalue weighted by Gasteiger charge is -2.21. The first-order valence-corrected chi connectivity index (χ1v) is 5.72. The summed E-state index contributed by atoms with van der Waals surface area (Å²) >= 11 is 0. The molecule has 0 bridgehead atoms. The van der Waals surface area contributed by atoms with Gasteiger partial charge in [0.1, 0.15) is 23.6 Å². The number of halogens is 2. The van der Waals surface area contributed by atoms with Gasteiger partial charge in [-0.3, -0.25) is 4.79 Å². The average molecular weight is 257 g/mol. The van der Waals surface area contributed by atoms with Gasteiger partial charge in [0.15, 0.2) is 0 Å². The zero-order valence-electron chi connectivity index (χ0n) is 10.7. The molecule has 1 rings (SSSR count). The third-order valence-corrected chi connectivity index (χ3v) is 2.43. The molecule has 0 aliphatic carbocycles. The Labute approximate surface area is 105 Å². The normalized spacial score (nSPS) is 10.8. The van der Waals surface area contributed by atoms with E-state index in [0.29, 0.717) is 19.4 Å². The number of nitrogens with zero attached hydrogens (tertiary/aromatic N) is 1. The minimum absolute atomic E-state index is 0.0134. The van der Waals surface area contributed by atoms with Crippen LogP contribution in [0, 0.1) is 11.6 Å². The van der Waals surface area contributed by atoms with E-state index in [-0.39, 0.29) is 17.4 Å². The van der Waals surface area contributed by atoms with E-state index in [0.717, 1.165) is 12.1 Å². The monoisotopic (exact) mass is 257 g/mol. The van der Waals surface area contributed by atoms with Crippen LogP contribution in [-0.2, 0) is 4.74 Å². The van der Waals surface area contributed by atoms with Crippen LogP contribution in [0.5, 0.6) is 0 Å². The Bertz CT molecular complexity index is 398. The molecule has 0 aromatic heterocycles. The van der Waals surface area contributed by atoms with Crippen molar-refractivity contribution in [2.24, 2.45) is 0 Å². The van der Waals surface area contributed by atoms with E-state index in [1.54, 1.807) is 7.05 Å². The van der Waals surface area contributed by atoms with Gasteiger partial charge in [-0.15, -0.1) is 0 Å². The van der Waals surface area contributed by atoms with Crippen LogP contribution in [-0.4, -0.2) is 32.6 Å². The fourth-order valence-electron chi connectivity index (χ4n) is 1.55. The van der Waals surface area contributed by atoms with Gasteiger partial charge in [0.05, 0.1) is 12.7 Å². The summed E-state index contributed by atoms with van der Waals surface area (Å²) in [6.45, 7) is 4.52. The van der Waals surface area contributed by atoms with Crippen LogP contribution in [0.2, 0.25) is 0 Å². The zero-order valence-corrected chi connectivity index (χ0v) is 10.7. The Morgan fingerprint density at radius 1 is 1.33 bits per heavy atom. The van der Waals surface area contributed by atoms with E-state index < -0.39 is 11.6 Å². The van der Waals surface area contributed by atoms with E-state index in [2.05, 4.69) is 0 Å². The zero-order chi connectivity index (χ0) is 13.7. The van der Waals surface area contributed by atoms with Gasteiger partial charge in [-0.2, -0.15) is 0 Å². The van der Waals surface area contributed by atoms with Gasteiger partial charge >= 0.3 is 0 Å². The first-order valence-electron chi connectivity index (χ1n) is 5.72. The summed E-state index contributed by atoms with van der Waals surface area (Å²) in [7, 11) is 1.58. The van der Waals surface area contributed by atoms with Crippen molar-refractivity contribution in [3.63, 3.8) is 0 Å². The first kappa shape index (κ1) is 14.6. The molecule has 0 saturated carbocycles. The van der Waals surface area contributed by atoms with E-state index in [1.807, 2.05) is 13.8 Å². The molecule has 0 radical (unpaired) electrons. The van der Waals surface area contributed by atoms with E-state index in [1.165, 1.54) is 4.90 Å². The number of hydrogen-bond donors (Lipinski definition) is 0. The summed E-state index contributed by atoms with van der Waals surface area (Å²) in [5.74, 6) is -1.49. The van der Waals surface area contributed by atoms with Crippen LogP contribution in [0.25, 0.3) is 0 Å². The quantitative estimate of drug-likeness (QED) is 0.734. The molecule has 0 spiro atoms. The summed E-state index contributed by atoms with van der Waals surface area (Å²) in [4.78, 5) is 11.9. The molecule has 18 heavy (non-hydrogen) atoms. The molecule has 3 nitrogen and oxygen atoms in total. The number of likely N-dealkylation sites (N-methyl/N-ethyl adjacent to an activating group) is 1. The van der Waals surface area contributed by atoms with Gasteiger partial charge in [0.2, 0.25) is 0 Å². The number of benzene rings is 1. The highest BCUT2D eigenvalue weighted by molar-refractivity contribution is 5.76. The highest BCUT2D eigenvalue weighted by Gasteiger charge is 2.15. The molecular formula is C13H17F2NO2. The maximum atomic E-state index is 13.7. The molecule has 0 amide bonds. The lowest BCUT2D eigenvalue weighted by atomic mass is 10.2. The lowest BCUT2D eigenvalue weighted by molar-refractivity contribution is 0.0845. The number of hydrogen-bond acceptors (Lipinski definition) is 3. The Morgan fingerprint density at radius 3 is 2.33 bits per heavy atom. The highest BCUT2D eigenvalue weighted by Crippen LogP contribution is 2.23. The Kier molecular flexibility index (Phi) is 5.22. The molecule has 0 saturated heterocycles. The maximum absolute atomic E-state index is 13.7. The van der Waals surface area contributed by atoms with E-state index >= 15 is 0 Å². The van der Waals surface area contributed by atoms with Crippen LogP contribution < -0.4 is 4.90 Å².